The summed E-state index contributed by atoms with van der Waals surface area (Å²) >= 11 is 5.95. The number of halogens is 2. The minimum Gasteiger partial charge on any atom is -0.337 e. The quantitative estimate of drug-likeness (QED) is 0.567. The number of rotatable bonds is 4. The average molecular weight is 457 g/mol. The molecule has 0 aliphatic carbocycles. The van der Waals surface area contributed by atoms with Crippen molar-refractivity contribution in [1.82, 2.24) is 14.7 Å². The Morgan fingerprint density at radius 2 is 1.84 bits per heavy atom. The van der Waals surface area contributed by atoms with Crippen molar-refractivity contribution in [3.05, 3.63) is 81.6 Å². The third-order valence-corrected chi connectivity index (χ3v) is 5.72. The van der Waals surface area contributed by atoms with Crippen LogP contribution in [0.5, 0.6) is 0 Å². The smallest absolute Gasteiger partial charge is 0.257 e. The third-order valence-electron chi connectivity index (χ3n) is 5.47. The van der Waals surface area contributed by atoms with Gasteiger partial charge < -0.3 is 10.6 Å². The standard InChI is InChI=1S/C24H25ClN4O.ClH/c1-16-23(24(30)28-13-12-21(26)15-28)17(2)29(27-16)22-5-3-4-19(14-22)7-6-18-8-10-20(25)11-9-18;/h3-11,14,21H,12-13,15,26H2,1-2H3;1H. The number of benzene rings is 2. The summed E-state index contributed by atoms with van der Waals surface area (Å²) in [6.07, 6.45) is 4.94. The number of carbonyl (C=O) groups is 1. The van der Waals surface area contributed by atoms with Crippen LogP contribution in [0, 0.1) is 13.8 Å². The molecule has 1 aliphatic heterocycles. The van der Waals surface area contributed by atoms with Crippen LogP contribution in [0.3, 0.4) is 0 Å². The molecule has 0 spiro atoms. The zero-order valence-corrected chi connectivity index (χ0v) is 19.2. The first-order valence-corrected chi connectivity index (χ1v) is 10.5. The number of hydrogen-bond acceptors (Lipinski definition) is 3. The van der Waals surface area contributed by atoms with E-state index in [1.54, 1.807) is 0 Å². The van der Waals surface area contributed by atoms with Crippen molar-refractivity contribution in [2.24, 2.45) is 5.73 Å². The second kappa shape index (κ2) is 9.69. The fourth-order valence-corrected chi connectivity index (χ4v) is 3.99. The van der Waals surface area contributed by atoms with E-state index in [-0.39, 0.29) is 24.4 Å². The van der Waals surface area contributed by atoms with Crippen LogP contribution in [0.4, 0.5) is 0 Å². The Kier molecular flexibility index (Phi) is 7.21. The lowest BCUT2D eigenvalue weighted by Crippen LogP contribution is -2.32. The maximum atomic E-state index is 13.0. The van der Waals surface area contributed by atoms with E-state index in [2.05, 4.69) is 17.2 Å². The Labute approximate surface area is 193 Å². The van der Waals surface area contributed by atoms with Crippen LogP contribution < -0.4 is 5.73 Å². The van der Waals surface area contributed by atoms with Gasteiger partial charge >= 0.3 is 0 Å². The number of carbonyl (C=O) groups excluding carboxylic acids is 1. The molecular formula is C24H26Cl2N4O. The summed E-state index contributed by atoms with van der Waals surface area (Å²) in [7, 11) is 0. The first kappa shape index (κ1) is 23.1. The van der Waals surface area contributed by atoms with Crippen molar-refractivity contribution in [3.8, 4) is 5.69 Å². The number of aryl methyl sites for hydroxylation is 1. The van der Waals surface area contributed by atoms with Crippen LogP contribution in [-0.4, -0.2) is 39.7 Å². The van der Waals surface area contributed by atoms with E-state index < -0.39 is 0 Å². The summed E-state index contributed by atoms with van der Waals surface area (Å²) in [5.74, 6) is 0.0167. The predicted octanol–water partition coefficient (Wildman–Crippen LogP) is 4.91. The largest absolute Gasteiger partial charge is 0.337 e. The summed E-state index contributed by atoms with van der Waals surface area (Å²) in [6.45, 7) is 5.14. The zero-order chi connectivity index (χ0) is 21.3. The summed E-state index contributed by atoms with van der Waals surface area (Å²) < 4.78 is 1.85. The molecule has 1 atom stereocenters. The first-order valence-electron chi connectivity index (χ1n) is 10.1. The van der Waals surface area contributed by atoms with Crippen LogP contribution in [0.25, 0.3) is 17.8 Å². The molecule has 1 unspecified atom stereocenters. The SMILES string of the molecule is Cc1nn(-c2cccc(C=Cc3ccc(Cl)cc3)c2)c(C)c1C(=O)N1CCC(N)C1.Cl. The molecule has 4 rings (SSSR count). The lowest BCUT2D eigenvalue weighted by molar-refractivity contribution is 0.0789. The average Bonchev–Trinajstić information content (AvgIpc) is 3.30. The van der Waals surface area contributed by atoms with Crippen LogP contribution in [0.1, 0.15) is 39.3 Å². The summed E-state index contributed by atoms with van der Waals surface area (Å²) in [5.41, 5.74) is 11.3. The van der Waals surface area contributed by atoms with E-state index in [0.29, 0.717) is 18.7 Å². The highest BCUT2D eigenvalue weighted by molar-refractivity contribution is 6.30. The normalized spacial score (nSPS) is 16.0. The van der Waals surface area contributed by atoms with Crippen molar-refractivity contribution in [2.75, 3.05) is 13.1 Å². The molecule has 3 aromatic rings. The second-order valence-corrected chi connectivity index (χ2v) is 8.17. The van der Waals surface area contributed by atoms with Gasteiger partial charge in [0, 0.05) is 24.2 Å². The van der Waals surface area contributed by atoms with Crippen molar-refractivity contribution < 1.29 is 4.79 Å². The number of nitrogens with two attached hydrogens (primary N) is 1. The molecule has 0 saturated carbocycles. The predicted molar refractivity (Wildman–Crippen MR) is 129 cm³/mol. The molecule has 5 nitrogen and oxygen atoms in total. The van der Waals surface area contributed by atoms with Crippen molar-refractivity contribution in [3.63, 3.8) is 0 Å². The number of nitrogens with zero attached hydrogens (tertiary/aromatic N) is 3. The molecule has 7 heteroatoms. The maximum absolute atomic E-state index is 13.0. The number of hydrogen-bond donors (Lipinski definition) is 1. The second-order valence-electron chi connectivity index (χ2n) is 7.74. The lowest BCUT2D eigenvalue weighted by atomic mass is 10.1. The van der Waals surface area contributed by atoms with Gasteiger partial charge in [0.15, 0.2) is 0 Å². The number of amides is 1. The molecule has 2 heterocycles. The Balaban J connectivity index is 0.00000272. The summed E-state index contributed by atoms with van der Waals surface area (Å²) in [5, 5.41) is 5.38. The highest BCUT2D eigenvalue weighted by atomic mass is 35.5. The molecule has 0 bridgehead atoms. The zero-order valence-electron chi connectivity index (χ0n) is 17.6. The fraction of sp³-hybridized carbons (Fsp3) is 0.250. The Morgan fingerprint density at radius 3 is 2.52 bits per heavy atom. The maximum Gasteiger partial charge on any atom is 0.257 e. The summed E-state index contributed by atoms with van der Waals surface area (Å²) in [6, 6.07) is 15.9. The van der Waals surface area contributed by atoms with Gasteiger partial charge in [-0.2, -0.15) is 5.10 Å². The molecular weight excluding hydrogens is 431 g/mol. The molecule has 0 radical (unpaired) electrons. The van der Waals surface area contributed by atoms with Gasteiger partial charge in [0.05, 0.1) is 22.6 Å². The fourth-order valence-electron chi connectivity index (χ4n) is 3.86. The van der Waals surface area contributed by atoms with Gasteiger partial charge in [0.2, 0.25) is 0 Å². The molecule has 162 valence electrons. The molecule has 31 heavy (non-hydrogen) atoms. The highest BCUT2D eigenvalue weighted by Crippen LogP contribution is 2.23. The first-order chi connectivity index (χ1) is 14.4. The van der Waals surface area contributed by atoms with Gasteiger partial charge in [-0.15, -0.1) is 12.4 Å². The molecule has 1 saturated heterocycles. The van der Waals surface area contributed by atoms with Crippen LogP contribution in [0.15, 0.2) is 48.5 Å². The Morgan fingerprint density at radius 1 is 1.13 bits per heavy atom. The van der Waals surface area contributed by atoms with Crippen LogP contribution in [0.2, 0.25) is 5.02 Å². The molecule has 1 amide bonds. The highest BCUT2D eigenvalue weighted by Gasteiger charge is 2.28. The molecule has 1 fully saturated rings. The third kappa shape index (κ3) is 5.01. The monoisotopic (exact) mass is 456 g/mol. The van der Waals surface area contributed by atoms with Gasteiger partial charge in [-0.3, -0.25) is 4.79 Å². The van der Waals surface area contributed by atoms with Gasteiger partial charge in [0.25, 0.3) is 5.91 Å². The van der Waals surface area contributed by atoms with Gasteiger partial charge in [-0.25, -0.2) is 4.68 Å². The van der Waals surface area contributed by atoms with Crippen LogP contribution >= 0.6 is 24.0 Å². The molecule has 1 aromatic heterocycles. The Hall–Kier alpha value is -2.60. The van der Waals surface area contributed by atoms with Crippen molar-refractivity contribution in [1.29, 1.82) is 0 Å². The van der Waals surface area contributed by atoms with E-state index in [0.717, 1.165) is 39.6 Å². The van der Waals surface area contributed by atoms with Crippen LogP contribution in [-0.2, 0) is 0 Å². The van der Waals surface area contributed by atoms with E-state index in [9.17, 15) is 4.79 Å². The Bertz CT molecular complexity index is 1110. The molecule has 2 aromatic carbocycles. The number of likely N-dealkylation sites (tertiary alicyclic amines) is 1. The minimum atomic E-state index is 0. The van der Waals surface area contributed by atoms with E-state index in [1.165, 1.54) is 0 Å². The van der Waals surface area contributed by atoms with E-state index in [4.69, 9.17) is 17.3 Å². The van der Waals surface area contributed by atoms with Gasteiger partial charge in [-0.1, -0.05) is 48.0 Å². The molecule has 2 N–H and O–H groups in total. The van der Waals surface area contributed by atoms with E-state index in [1.807, 2.05) is 72.0 Å². The summed E-state index contributed by atoms with van der Waals surface area (Å²) in [4.78, 5) is 14.9. The van der Waals surface area contributed by atoms with Gasteiger partial charge in [-0.05, 0) is 55.7 Å². The molecule has 1 aliphatic rings. The van der Waals surface area contributed by atoms with E-state index >= 15 is 0 Å². The lowest BCUT2D eigenvalue weighted by Gasteiger charge is -2.16. The minimum absolute atomic E-state index is 0. The van der Waals surface area contributed by atoms with Crippen molar-refractivity contribution >= 4 is 42.1 Å². The topological polar surface area (TPSA) is 64.2 Å². The van der Waals surface area contributed by atoms with Crippen molar-refractivity contribution in [2.45, 2.75) is 26.3 Å². The number of aromatic nitrogens is 2. The van der Waals surface area contributed by atoms with Gasteiger partial charge in [0.1, 0.15) is 0 Å².